The van der Waals surface area contributed by atoms with Crippen LogP contribution in [0, 0.1) is 0 Å². The molecule has 1 atom stereocenters. The molecular weight excluding hydrogens is 234 g/mol. The Bertz CT molecular complexity index is 214. The van der Waals surface area contributed by atoms with Gasteiger partial charge in [-0.2, -0.15) is 11.8 Å². The van der Waals surface area contributed by atoms with Crippen molar-refractivity contribution in [3.05, 3.63) is 0 Å². The molecule has 0 saturated heterocycles. The van der Waals surface area contributed by atoms with Crippen LogP contribution < -0.4 is 5.32 Å². The second kappa shape index (κ2) is 8.81. The average molecular weight is 261 g/mol. The Balaban J connectivity index is 3.37. The number of esters is 1. The van der Waals surface area contributed by atoms with Crippen LogP contribution in [0.15, 0.2) is 0 Å². The van der Waals surface area contributed by atoms with Crippen LogP contribution in [0.5, 0.6) is 0 Å². The summed E-state index contributed by atoms with van der Waals surface area (Å²) in [5.41, 5.74) is -0.361. The SMILES string of the molecule is CNC(C)CCCCSCC(=O)OC(C)(C)C. The van der Waals surface area contributed by atoms with E-state index in [1.807, 2.05) is 27.8 Å². The quantitative estimate of drug-likeness (QED) is 0.538. The van der Waals surface area contributed by atoms with Gasteiger partial charge in [0.05, 0.1) is 5.75 Å². The van der Waals surface area contributed by atoms with Gasteiger partial charge in [-0.1, -0.05) is 6.42 Å². The molecule has 0 saturated carbocycles. The third-order valence-electron chi connectivity index (χ3n) is 2.31. The zero-order valence-electron chi connectivity index (χ0n) is 11.8. The second-order valence-corrected chi connectivity index (χ2v) is 6.43. The maximum atomic E-state index is 11.4. The van der Waals surface area contributed by atoms with E-state index in [9.17, 15) is 4.79 Å². The van der Waals surface area contributed by atoms with Gasteiger partial charge in [-0.15, -0.1) is 0 Å². The third-order valence-corrected chi connectivity index (χ3v) is 3.33. The Kier molecular flexibility index (Phi) is 8.70. The van der Waals surface area contributed by atoms with Crippen molar-refractivity contribution in [3.63, 3.8) is 0 Å². The molecule has 4 heteroatoms. The molecular formula is C13H27NO2S. The molecule has 0 amide bonds. The number of rotatable bonds is 8. The first-order chi connectivity index (χ1) is 7.85. The summed E-state index contributed by atoms with van der Waals surface area (Å²) in [4.78, 5) is 11.4. The lowest BCUT2D eigenvalue weighted by molar-refractivity contribution is -0.151. The first-order valence-corrected chi connectivity index (χ1v) is 7.47. The summed E-state index contributed by atoms with van der Waals surface area (Å²) in [6.45, 7) is 7.88. The minimum Gasteiger partial charge on any atom is -0.459 e. The zero-order chi connectivity index (χ0) is 13.3. The smallest absolute Gasteiger partial charge is 0.316 e. The molecule has 1 N–H and O–H groups in total. The third kappa shape index (κ3) is 12.0. The van der Waals surface area contributed by atoms with Gasteiger partial charge >= 0.3 is 5.97 Å². The molecule has 0 fully saturated rings. The molecule has 0 heterocycles. The first kappa shape index (κ1) is 16.8. The molecule has 0 spiro atoms. The summed E-state index contributed by atoms with van der Waals surface area (Å²) in [7, 11) is 1.99. The minimum atomic E-state index is -0.361. The maximum absolute atomic E-state index is 11.4. The average Bonchev–Trinajstić information content (AvgIpc) is 2.20. The fourth-order valence-electron chi connectivity index (χ4n) is 1.33. The molecule has 0 radical (unpaired) electrons. The standard InChI is InChI=1S/C13H27NO2S/c1-11(14-5)8-6-7-9-17-10-12(15)16-13(2,3)4/h11,14H,6-10H2,1-5H3. The van der Waals surface area contributed by atoms with Crippen molar-refractivity contribution in [2.24, 2.45) is 0 Å². The van der Waals surface area contributed by atoms with Crippen molar-refractivity contribution in [1.82, 2.24) is 5.32 Å². The fraction of sp³-hybridized carbons (Fsp3) is 0.923. The highest BCUT2D eigenvalue weighted by atomic mass is 32.2. The number of thioether (sulfide) groups is 1. The van der Waals surface area contributed by atoms with Gasteiger partial charge in [0.1, 0.15) is 5.60 Å². The Morgan fingerprint density at radius 1 is 1.35 bits per heavy atom. The first-order valence-electron chi connectivity index (χ1n) is 6.32. The molecule has 0 aromatic carbocycles. The molecule has 3 nitrogen and oxygen atoms in total. The van der Waals surface area contributed by atoms with Crippen molar-refractivity contribution < 1.29 is 9.53 Å². The van der Waals surface area contributed by atoms with Gasteiger partial charge in [-0.3, -0.25) is 4.79 Å². The maximum Gasteiger partial charge on any atom is 0.316 e. The van der Waals surface area contributed by atoms with Crippen LogP contribution in [-0.4, -0.2) is 36.2 Å². The number of carbonyl (C=O) groups is 1. The summed E-state index contributed by atoms with van der Waals surface area (Å²) >= 11 is 1.67. The van der Waals surface area contributed by atoms with Gasteiger partial charge in [0.2, 0.25) is 0 Å². The Labute approximate surface area is 110 Å². The van der Waals surface area contributed by atoms with Crippen molar-refractivity contribution in [1.29, 1.82) is 0 Å². The summed E-state index contributed by atoms with van der Waals surface area (Å²) in [6.07, 6.45) is 3.58. The monoisotopic (exact) mass is 261 g/mol. The molecule has 0 aliphatic heterocycles. The number of hydrogen-bond donors (Lipinski definition) is 1. The van der Waals surface area contributed by atoms with Gasteiger partial charge in [-0.05, 0) is 53.3 Å². The van der Waals surface area contributed by atoms with E-state index in [2.05, 4.69) is 12.2 Å². The second-order valence-electron chi connectivity index (χ2n) is 5.32. The van der Waals surface area contributed by atoms with Gasteiger partial charge in [-0.25, -0.2) is 0 Å². The normalized spacial score (nSPS) is 13.5. The van der Waals surface area contributed by atoms with E-state index >= 15 is 0 Å². The number of ether oxygens (including phenoxy) is 1. The highest BCUT2D eigenvalue weighted by Crippen LogP contribution is 2.12. The van der Waals surface area contributed by atoms with Crippen LogP contribution >= 0.6 is 11.8 Å². The predicted octanol–water partition coefficient (Wildman–Crippen LogP) is 2.84. The zero-order valence-corrected chi connectivity index (χ0v) is 12.7. The van der Waals surface area contributed by atoms with Gasteiger partial charge < -0.3 is 10.1 Å². The van der Waals surface area contributed by atoms with Crippen molar-refractivity contribution in [3.8, 4) is 0 Å². The van der Waals surface area contributed by atoms with E-state index in [1.54, 1.807) is 11.8 Å². The molecule has 1 unspecified atom stereocenters. The number of hydrogen-bond acceptors (Lipinski definition) is 4. The molecule has 0 aliphatic carbocycles. The van der Waals surface area contributed by atoms with Gasteiger partial charge in [0, 0.05) is 6.04 Å². The van der Waals surface area contributed by atoms with Gasteiger partial charge in [0.15, 0.2) is 0 Å². The topological polar surface area (TPSA) is 38.3 Å². The fourth-order valence-corrected chi connectivity index (χ4v) is 2.10. The van der Waals surface area contributed by atoms with E-state index < -0.39 is 0 Å². The largest absolute Gasteiger partial charge is 0.459 e. The van der Waals surface area contributed by atoms with Crippen molar-refractivity contribution in [2.45, 2.75) is 58.6 Å². The summed E-state index contributed by atoms with van der Waals surface area (Å²) in [5, 5.41) is 3.22. The summed E-state index contributed by atoms with van der Waals surface area (Å²) in [6, 6.07) is 0.589. The summed E-state index contributed by atoms with van der Waals surface area (Å²) in [5.74, 6) is 1.40. The van der Waals surface area contributed by atoms with Crippen molar-refractivity contribution in [2.75, 3.05) is 18.6 Å². The van der Waals surface area contributed by atoms with Crippen LogP contribution in [0.2, 0.25) is 0 Å². The van der Waals surface area contributed by atoms with Crippen LogP contribution in [0.4, 0.5) is 0 Å². The molecule has 0 rings (SSSR count). The Morgan fingerprint density at radius 3 is 2.53 bits per heavy atom. The molecule has 0 aromatic heterocycles. The van der Waals surface area contributed by atoms with E-state index in [0.29, 0.717) is 11.8 Å². The van der Waals surface area contributed by atoms with Crippen LogP contribution in [-0.2, 0) is 9.53 Å². The van der Waals surface area contributed by atoms with E-state index in [0.717, 1.165) is 5.75 Å². The van der Waals surface area contributed by atoms with Crippen molar-refractivity contribution >= 4 is 17.7 Å². The molecule has 102 valence electrons. The van der Waals surface area contributed by atoms with E-state index in [1.165, 1.54) is 19.3 Å². The van der Waals surface area contributed by atoms with E-state index in [-0.39, 0.29) is 11.6 Å². The van der Waals surface area contributed by atoms with Crippen LogP contribution in [0.1, 0.15) is 47.0 Å². The van der Waals surface area contributed by atoms with Crippen LogP contribution in [0.3, 0.4) is 0 Å². The number of unbranched alkanes of at least 4 members (excludes halogenated alkanes) is 1. The highest BCUT2D eigenvalue weighted by Gasteiger charge is 2.15. The predicted molar refractivity (Wildman–Crippen MR) is 75.5 cm³/mol. The lowest BCUT2D eigenvalue weighted by Crippen LogP contribution is -2.25. The molecule has 0 aromatic rings. The highest BCUT2D eigenvalue weighted by molar-refractivity contribution is 7.99. The molecule has 0 bridgehead atoms. The number of carbonyl (C=O) groups excluding carboxylic acids is 1. The molecule has 17 heavy (non-hydrogen) atoms. The van der Waals surface area contributed by atoms with Gasteiger partial charge in [0.25, 0.3) is 0 Å². The lowest BCUT2D eigenvalue weighted by Gasteiger charge is -2.19. The lowest BCUT2D eigenvalue weighted by atomic mass is 10.1. The van der Waals surface area contributed by atoms with E-state index in [4.69, 9.17) is 4.74 Å². The Morgan fingerprint density at radius 2 is 2.00 bits per heavy atom. The van der Waals surface area contributed by atoms with Crippen LogP contribution in [0.25, 0.3) is 0 Å². The molecule has 0 aliphatic rings. The summed E-state index contributed by atoms with van der Waals surface area (Å²) < 4.78 is 5.23. The number of nitrogens with one attached hydrogen (secondary N) is 1. The Hall–Kier alpha value is -0.220. The minimum absolute atomic E-state index is 0.105.